The van der Waals surface area contributed by atoms with Crippen molar-refractivity contribution >= 4 is 27.3 Å². The van der Waals surface area contributed by atoms with E-state index < -0.39 is 14.6 Å². The first-order chi connectivity index (χ1) is 8.09. The third kappa shape index (κ3) is 2.99. The number of rotatable bonds is 3. The van der Waals surface area contributed by atoms with Gasteiger partial charge in [0.15, 0.2) is 9.84 Å². The molecular weight excluding hydrogens is 274 g/mol. The van der Waals surface area contributed by atoms with E-state index in [1.807, 2.05) is 0 Å². The average molecular weight is 296 g/mol. The van der Waals surface area contributed by atoms with Crippen LogP contribution >= 0.6 is 11.6 Å². The molecule has 0 N–H and O–H groups in total. The van der Waals surface area contributed by atoms with E-state index in [9.17, 15) is 13.2 Å². The van der Waals surface area contributed by atoms with E-state index >= 15 is 0 Å². The maximum atomic E-state index is 12.3. The van der Waals surface area contributed by atoms with Gasteiger partial charge in [-0.2, -0.15) is 0 Å². The van der Waals surface area contributed by atoms with Crippen molar-refractivity contribution in [2.45, 2.75) is 55.7 Å². The van der Waals surface area contributed by atoms with E-state index in [2.05, 4.69) is 0 Å². The van der Waals surface area contributed by atoms with Crippen LogP contribution in [0.1, 0.15) is 39.5 Å². The highest BCUT2D eigenvalue weighted by atomic mass is 35.5. The zero-order chi connectivity index (χ0) is 14.1. The molecule has 6 heteroatoms. The molecule has 106 valence electrons. The zero-order valence-corrected chi connectivity index (χ0v) is 13.0. The molecule has 0 heterocycles. The molecule has 18 heavy (non-hydrogen) atoms. The van der Waals surface area contributed by atoms with Gasteiger partial charge in [-0.05, 0) is 26.7 Å². The molecule has 0 spiro atoms. The van der Waals surface area contributed by atoms with Crippen LogP contribution in [0.4, 0.5) is 0 Å². The van der Waals surface area contributed by atoms with Gasteiger partial charge in [0.2, 0.25) is 5.91 Å². The number of hydrogen-bond acceptors (Lipinski definition) is 3. The van der Waals surface area contributed by atoms with Gasteiger partial charge < -0.3 is 4.90 Å². The molecule has 0 aliphatic heterocycles. The van der Waals surface area contributed by atoms with Gasteiger partial charge in [0, 0.05) is 19.3 Å². The Morgan fingerprint density at radius 1 is 1.28 bits per heavy atom. The monoisotopic (exact) mass is 295 g/mol. The molecule has 1 rings (SSSR count). The summed E-state index contributed by atoms with van der Waals surface area (Å²) in [4.78, 5) is 13.9. The molecule has 1 amide bonds. The SMILES string of the molecule is CN(C(=O)C(C)(C)S(C)(=O)=O)C1CCCCC1Cl. The molecule has 2 atom stereocenters. The lowest BCUT2D eigenvalue weighted by Gasteiger charge is -2.38. The maximum absolute atomic E-state index is 12.3. The minimum Gasteiger partial charge on any atom is -0.340 e. The first kappa shape index (κ1) is 15.8. The summed E-state index contributed by atoms with van der Waals surface area (Å²) in [6.07, 6.45) is 4.92. The summed E-state index contributed by atoms with van der Waals surface area (Å²) >= 11 is 6.24. The fraction of sp³-hybridized carbons (Fsp3) is 0.917. The van der Waals surface area contributed by atoms with Crippen molar-refractivity contribution in [2.75, 3.05) is 13.3 Å². The number of alkyl halides is 1. The van der Waals surface area contributed by atoms with E-state index in [0.717, 1.165) is 31.9 Å². The Bertz CT molecular complexity index is 419. The number of amides is 1. The number of nitrogens with zero attached hydrogens (tertiary/aromatic N) is 1. The van der Waals surface area contributed by atoms with Crippen LogP contribution in [0.3, 0.4) is 0 Å². The summed E-state index contributed by atoms with van der Waals surface area (Å²) in [6.45, 7) is 2.90. The number of carbonyl (C=O) groups excluding carboxylic acids is 1. The average Bonchev–Trinajstić information content (AvgIpc) is 2.26. The highest BCUT2D eigenvalue weighted by molar-refractivity contribution is 7.92. The number of halogens is 1. The van der Waals surface area contributed by atoms with Crippen LogP contribution in [-0.4, -0.2) is 48.7 Å². The fourth-order valence-electron chi connectivity index (χ4n) is 2.24. The van der Waals surface area contributed by atoms with Crippen LogP contribution in [0.5, 0.6) is 0 Å². The van der Waals surface area contributed by atoms with Gasteiger partial charge in [0.05, 0.1) is 5.38 Å². The topological polar surface area (TPSA) is 54.5 Å². The standard InChI is InChI=1S/C12H22ClNO3S/c1-12(2,18(4,16)17)11(15)14(3)10-8-6-5-7-9(10)13/h9-10H,5-8H2,1-4H3. The maximum Gasteiger partial charge on any atom is 0.243 e. The highest BCUT2D eigenvalue weighted by Gasteiger charge is 2.43. The molecule has 0 aromatic carbocycles. The third-order valence-electron chi connectivity index (χ3n) is 3.91. The highest BCUT2D eigenvalue weighted by Crippen LogP contribution is 2.29. The Labute approximate surface area is 115 Å². The lowest BCUT2D eigenvalue weighted by Crippen LogP contribution is -2.54. The summed E-state index contributed by atoms with van der Waals surface area (Å²) in [7, 11) is -1.78. The lowest BCUT2D eigenvalue weighted by molar-refractivity contribution is -0.134. The van der Waals surface area contributed by atoms with Crippen LogP contribution in [-0.2, 0) is 14.6 Å². The van der Waals surface area contributed by atoms with Crippen molar-refractivity contribution in [2.24, 2.45) is 0 Å². The van der Waals surface area contributed by atoms with Crippen LogP contribution < -0.4 is 0 Å². The van der Waals surface area contributed by atoms with Crippen molar-refractivity contribution in [1.82, 2.24) is 4.90 Å². The first-order valence-corrected chi connectivity index (χ1v) is 8.52. The summed E-state index contributed by atoms with van der Waals surface area (Å²) < 4.78 is 22.0. The molecule has 0 saturated heterocycles. The Morgan fingerprint density at radius 3 is 2.22 bits per heavy atom. The Kier molecular flexibility index (Phi) is 4.70. The van der Waals surface area contributed by atoms with Crippen molar-refractivity contribution < 1.29 is 13.2 Å². The van der Waals surface area contributed by atoms with E-state index in [1.54, 1.807) is 7.05 Å². The number of sulfone groups is 1. The first-order valence-electron chi connectivity index (χ1n) is 6.20. The molecule has 4 nitrogen and oxygen atoms in total. The Hall–Kier alpha value is -0.290. The zero-order valence-electron chi connectivity index (χ0n) is 11.4. The van der Waals surface area contributed by atoms with Crippen LogP contribution in [0.15, 0.2) is 0 Å². The van der Waals surface area contributed by atoms with Crippen molar-refractivity contribution in [1.29, 1.82) is 0 Å². The molecular formula is C12H22ClNO3S. The molecule has 1 aliphatic rings. The molecule has 0 aromatic heterocycles. The number of carbonyl (C=O) groups is 1. The second-order valence-electron chi connectivity index (χ2n) is 5.57. The molecule has 1 aliphatic carbocycles. The largest absolute Gasteiger partial charge is 0.340 e. The molecule has 0 radical (unpaired) electrons. The Balaban J connectivity index is 2.90. The summed E-state index contributed by atoms with van der Waals surface area (Å²) in [5.41, 5.74) is 0. The second-order valence-corrected chi connectivity index (χ2v) is 8.69. The van der Waals surface area contributed by atoms with Gasteiger partial charge in [-0.15, -0.1) is 11.6 Å². The van der Waals surface area contributed by atoms with Crippen LogP contribution in [0, 0.1) is 0 Å². The number of hydrogen-bond donors (Lipinski definition) is 0. The van der Waals surface area contributed by atoms with Gasteiger partial charge in [-0.25, -0.2) is 8.42 Å². The van der Waals surface area contributed by atoms with E-state index in [-0.39, 0.29) is 17.3 Å². The summed E-state index contributed by atoms with van der Waals surface area (Å²) in [5.74, 6) is -0.373. The van der Waals surface area contributed by atoms with Crippen molar-refractivity contribution in [3.05, 3.63) is 0 Å². The van der Waals surface area contributed by atoms with Crippen LogP contribution in [0.25, 0.3) is 0 Å². The van der Waals surface area contributed by atoms with Gasteiger partial charge in [0.1, 0.15) is 4.75 Å². The lowest BCUT2D eigenvalue weighted by atomic mass is 9.93. The molecule has 1 saturated carbocycles. The fourth-order valence-corrected chi connectivity index (χ4v) is 3.15. The molecule has 0 bridgehead atoms. The van der Waals surface area contributed by atoms with E-state index in [0.29, 0.717) is 0 Å². The van der Waals surface area contributed by atoms with Gasteiger partial charge >= 0.3 is 0 Å². The summed E-state index contributed by atoms with van der Waals surface area (Å²) in [6, 6.07) is -0.0612. The molecule has 0 aromatic rings. The van der Waals surface area contributed by atoms with Crippen molar-refractivity contribution in [3.63, 3.8) is 0 Å². The van der Waals surface area contributed by atoms with Crippen LogP contribution in [0.2, 0.25) is 0 Å². The molecule has 1 fully saturated rings. The van der Waals surface area contributed by atoms with E-state index in [1.165, 1.54) is 18.7 Å². The minimum atomic E-state index is -3.44. The quantitative estimate of drug-likeness (QED) is 0.746. The Morgan fingerprint density at radius 2 is 1.78 bits per heavy atom. The van der Waals surface area contributed by atoms with Gasteiger partial charge in [-0.1, -0.05) is 12.8 Å². The third-order valence-corrected chi connectivity index (χ3v) is 6.44. The predicted molar refractivity (Wildman–Crippen MR) is 73.6 cm³/mol. The molecule has 2 unspecified atom stereocenters. The van der Waals surface area contributed by atoms with Gasteiger partial charge in [-0.3, -0.25) is 4.79 Å². The minimum absolute atomic E-state index is 0.0612. The van der Waals surface area contributed by atoms with E-state index in [4.69, 9.17) is 11.6 Å². The summed E-state index contributed by atoms with van der Waals surface area (Å²) in [5, 5.41) is -0.0805. The van der Waals surface area contributed by atoms with Gasteiger partial charge in [0.25, 0.3) is 0 Å². The second kappa shape index (κ2) is 5.37. The normalized spacial score (nSPS) is 25.8. The smallest absolute Gasteiger partial charge is 0.243 e. The van der Waals surface area contributed by atoms with Crippen molar-refractivity contribution in [3.8, 4) is 0 Å². The predicted octanol–water partition coefficient (Wildman–Crippen LogP) is 1.82.